The fraction of sp³-hybridized carbons (Fsp3) is 0.231. The Morgan fingerprint density at radius 2 is 1.94 bits per heavy atom. The molecular formula is C13H15N3S. The van der Waals surface area contributed by atoms with Crippen LogP contribution in [0.25, 0.3) is 0 Å². The summed E-state index contributed by atoms with van der Waals surface area (Å²) in [5, 5.41) is 4.23. The smallest absolute Gasteiger partial charge is 0.224 e. The Bertz CT molecular complexity index is 485. The van der Waals surface area contributed by atoms with Crippen LogP contribution in [0.1, 0.15) is 11.3 Å². The lowest BCUT2D eigenvalue weighted by atomic mass is 10.2. The SMILES string of the molecule is CSc1cc(C)nc(NCc2ccccc2)n1. The molecule has 0 unspecified atom stereocenters. The van der Waals surface area contributed by atoms with Crippen LogP contribution in [0.5, 0.6) is 0 Å². The lowest BCUT2D eigenvalue weighted by Gasteiger charge is -2.07. The Kier molecular flexibility index (Phi) is 3.98. The summed E-state index contributed by atoms with van der Waals surface area (Å²) in [5.74, 6) is 0.693. The van der Waals surface area contributed by atoms with Gasteiger partial charge in [0.15, 0.2) is 0 Å². The topological polar surface area (TPSA) is 37.8 Å². The van der Waals surface area contributed by atoms with Crippen LogP contribution in [0.2, 0.25) is 0 Å². The van der Waals surface area contributed by atoms with Crippen molar-refractivity contribution >= 4 is 17.7 Å². The van der Waals surface area contributed by atoms with Crippen LogP contribution in [-0.4, -0.2) is 16.2 Å². The van der Waals surface area contributed by atoms with Crippen LogP contribution in [0, 0.1) is 6.92 Å². The van der Waals surface area contributed by atoms with Crippen molar-refractivity contribution in [3.8, 4) is 0 Å². The number of hydrogen-bond donors (Lipinski definition) is 1. The van der Waals surface area contributed by atoms with Crippen molar-refractivity contribution < 1.29 is 0 Å². The van der Waals surface area contributed by atoms with Crippen LogP contribution in [0.15, 0.2) is 41.4 Å². The van der Waals surface area contributed by atoms with E-state index >= 15 is 0 Å². The van der Waals surface area contributed by atoms with Gasteiger partial charge in [-0.3, -0.25) is 0 Å². The average Bonchev–Trinajstić information content (AvgIpc) is 2.37. The van der Waals surface area contributed by atoms with Crippen LogP contribution < -0.4 is 5.32 Å². The summed E-state index contributed by atoms with van der Waals surface area (Å²) in [6, 6.07) is 12.2. The van der Waals surface area contributed by atoms with Gasteiger partial charge in [0.25, 0.3) is 0 Å². The first-order chi connectivity index (χ1) is 8.28. The van der Waals surface area contributed by atoms with Crippen LogP contribution in [0.4, 0.5) is 5.95 Å². The molecule has 0 spiro atoms. The molecule has 88 valence electrons. The number of nitrogens with one attached hydrogen (secondary N) is 1. The first-order valence-electron chi connectivity index (χ1n) is 5.45. The first kappa shape index (κ1) is 11.9. The second-order valence-corrected chi connectivity index (χ2v) is 4.54. The molecule has 4 heteroatoms. The largest absolute Gasteiger partial charge is 0.350 e. The predicted octanol–water partition coefficient (Wildman–Crippen LogP) is 3.12. The van der Waals surface area contributed by atoms with E-state index in [0.29, 0.717) is 5.95 Å². The molecule has 0 fully saturated rings. The van der Waals surface area contributed by atoms with Gasteiger partial charge in [-0.2, -0.15) is 0 Å². The van der Waals surface area contributed by atoms with Crippen LogP contribution in [-0.2, 0) is 6.54 Å². The molecule has 2 rings (SSSR count). The fourth-order valence-corrected chi connectivity index (χ4v) is 1.97. The second kappa shape index (κ2) is 5.68. The lowest BCUT2D eigenvalue weighted by molar-refractivity contribution is 0.973. The molecule has 1 aromatic carbocycles. The van der Waals surface area contributed by atoms with E-state index in [4.69, 9.17) is 0 Å². The highest BCUT2D eigenvalue weighted by Gasteiger charge is 2.01. The summed E-state index contributed by atoms with van der Waals surface area (Å²) in [7, 11) is 0. The predicted molar refractivity (Wildman–Crippen MR) is 72.3 cm³/mol. The van der Waals surface area contributed by atoms with Crippen molar-refractivity contribution in [2.75, 3.05) is 11.6 Å². The van der Waals surface area contributed by atoms with E-state index in [1.807, 2.05) is 37.4 Å². The number of anilines is 1. The van der Waals surface area contributed by atoms with Gasteiger partial charge in [0, 0.05) is 12.2 Å². The molecule has 1 heterocycles. The van der Waals surface area contributed by atoms with Gasteiger partial charge in [-0.15, -0.1) is 11.8 Å². The highest BCUT2D eigenvalue weighted by Crippen LogP contribution is 2.14. The van der Waals surface area contributed by atoms with E-state index in [1.165, 1.54) is 5.56 Å². The minimum atomic E-state index is 0.693. The van der Waals surface area contributed by atoms with Crippen molar-refractivity contribution in [1.82, 2.24) is 9.97 Å². The second-order valence-electron chi connectivity index (χ2n) is 3.71. The van der Waals surface area contributed by atoms with Gasteiger partial charge < -0.3 is 5.32 Å². The monoisotopic (exact) mass is 245 g/mol. The molecule has 0 aliphatic rings. The minimum Gasteiger partial charge on any atom is -0.350 e. The summed E-state index contributed by atoms with van der Waals surface area (Å²) >= 11 is 1.63. The quantitative estimate of drug-likeness (QED) is 0.663. The molecule has 0 aliphatic carbocycles. The summed E-state index contributed by atoms with van der Waals surface area (Å²) in [6.07, 6.45) is 2.02. The third kappa shape index (κ3) is 3.46. The fourth-order valence-electron chi connectivity index (χ4n) is 1.50. The summed E-state index contributed by atoms with van der Waals surface area (Å²) in [6.45, 7) is 2.73. The number of benzene rings is 1. The summed E-state index contributed by atoms with van der Waals surface area (Å²) in [5.41, 5.74) is 2.21. The highest BCUT2D eigenvalue weighted by atomic mass is 32.2. The Hall–Kier alpha value is -1.55. The average molecular weight is 245 g/mol. The minimum absolute atomic E-state index is 0.693. The third-order valence-electron chi connectivity index (χ3n) is 2.33. The molecule has 0 saturated carbocycles. The zero-order chi connectivity index (χ0) is 12.1. The third-order valence-corrected chi connectivity index (χ3v) is 2.96. The van der Waals surface area contributed by atoms with E-state index in [9.17, 15) is 0 Å². The number of aryl methyl sites for hydroxylation is 1. The molecule has 0 bridgehead atoms. The van der Waals surface area contributed by atoms with Gasteiger partial charge in [0.2, 0.25) is 5.95 Å². The first-order valence-corrected chi connectivity index (χ1v) is 6.68. The van der Waals surface area contributed by atoms with Gasteiger partial charge in [-0.25, -0.2) is 9.97 Å². The zero-order valence-electron chi connectivity index (χ0n) is 9.97. The van der Waals surface area contributed by atoms with Crippen LogP contribution in [0.3, 0.4) is 0 Å². The van der Waals surface area contributed by atoms with Crippen molar-refractivity contribution in [2.45, 2.75) is 18.5 Å². The molecule has 0 atom stereocenters. The number of thioether (sulfide) groups is 1. The van der Waals surface area contributed by atoms with Gasteiger partial charge >= 0.3 is 0 Å². The Morgan fingerprint density at radius 1 is 1.18 bits per heavy atom. The molecule has 0 radical (unpaired) electrons. The maximum Gasteiger partial charge on any atom is 0.224 e. The molecule has 1 N–H and O–H groups in total. The Labute approximate surface area is 106 Å². The molecule has 2 aromatic rings. The van der Waals surface area contributed by atoms with E-state index in [0.717, 1.165) is 17.3 Å². The molecule has 1 aromatic heterocycles. The van der Waals surface area contributed by atoms with E-state index in [2.05, 4.69) is 27.4 Å². The number of hydrogen-bond acceptors (Lipinski definition) is 4. The maximum absolute atomic E-state index is 4.41. The zero-order valence-corrected chi connectivity index (χ0v) is 10.8. The van der Waals surface area contributed by atoms with Gasteiger partial charge in [-0.1, -0.05) is 30.3 Å². The van der Waals surface area contributed by atoms with E-state index in [-0.39, 0.29) is 0 Å². The molecule has 0 saturated heterocycles. The standard InChI is InChI=1S/C13H15N3S/c1-10-8-12(17-2)16-13(15-10)14-9-11-6-4-3-5-7-11/h3-8H,9H2,1-2H3,(H,14,15,16). The number of rotatable bonds is 4. The Morgan fingerprint density at radius 3 is 2.65 bits per heavy atom. The van der Waals surface area contributed by atoms with E-state index < -0.39 is 0 Å². The van der Waals surface area contributed by atoms with Gasteiger partial charge in [0.1, 0.15) is 5.03 Å². The molecule has 0 amide bonds. The summed E-state index contributed by atoms with van der Waals surface area (Å²) in [4.78, 5) is 8.77. The molecule has 17 heavy (non-hydrogen) atoms. The maximum atomic E-state index is 4.41. The van der Waals surface area contributed by atoms with Crippen molar-refractivity contribution in [1.29, 1.82) is 0 Å². The normalized spacial score (nSPS) is 10.2. The van der Waals surface area contributed by atoms with Gasteiger partial charge in [-0.05, 0) is 24.8 Å². The molecule has 3 nitrogen and oxygen atoms in total. The molecular weight excluding hydrogens is 230 g/mol. The van der Waals surface area contributed by atoms with Crippen molar-refractivity contribution in [2.24, 2.45) is 0 Å². The Balaban J connectivity index is 2.06. The van der Waals surface area contributed by atoms with Crippen LogP contribution >= 0.6 is 11.8 Å². The van der Waals surface area contributed by atoms with Crippen molar-refractivity contribution in [3.63, 3.8) is 0 Å². The molecule has 0 aliphatic heterocycles. The summed E-state index contributed by atoms with van der Waals surface area (Å²) < 4.78 is 0. The number of aromatic nitrogens is 2. The highest BCUT2D eigenvalue weighted by molar-refractivity contribution is 7.98. The van der Waals surface area contributed by atoms with E-state index in [1.54, 1.807) is 11.8 Å². The van der Waals surface area contributed by atoms with Gasteiger partial charge in [0.05, 0.1) is 0 Å². The lowest BCUT2D eigenvalue weighted by Crippen LogP contribution is -2.04. The number of nitrogens with zero attached hydrogens (tertiary/aromatic N) is 2. The van der Waals surface area contributed by atoms with Crippen molar-refractivity contribution in [3.05, 3.63) is 47.7 Å².